The van der Waals surface area contributed by atoms with Gasteiger partial charge in [0.2, 0.25) is 15.9 Å². The van der Waals surface area contributed by atoms with Crippen LogP contribution in [0.2, 0.25) is 5.02 Å². The van der Waals surface area contributed by atoms with Gasteiger partial charge in [0.25, 0.3) is 0 Å². The van der Waals surface area contributed by atoms with Crippen molar-refractivity contribution in [3.8, 4) is 0 Å². The van der Waals surface area contributed by atoms with E-state index < -0.39 is 10.0 Å². The number of rotatable bonds is 8. The highest BCUT2D eigenvalue weighted by Gasteiger charge is 2.32. The molecule has 0 spiro atoms. The number of carbonyl (C=O) groups is 1. The number of benzene rings is 2. The van der Waals surface area contributed by atoms with Crippen molar-refractivity contribution in [3.63, 3.8) is 0 Å². The fourth-order valence-electron chi connectivity index (χ4n) is 4.05. The molecule has 1 aliphatic heterocycles. The summed E-state index contributed by atoms with van der Waals surface area (Å²) in [6.45, 7) is 5.01. The number of sulfonamides is 1. The van der Waals surface area contributed by atoms with E-state index in [9.17, 15) is 13.2 Å². The van der Waals surface area contributed by atoms with Crippen molar-refractivity contribution in [3.05, 3.63) is 70.7 Å². The van der Waals surface area contributed by atoms with Gasteiger partial charge in [0.15, 0.2) is 0 Å². The van der Waals surface area contributed by atoms with Gasteiger partial charge in [-0.25, -0.2) is 12.7 Å². The quantitative estimate of drug-likeness (QED) is 0.613. The van der Waals surface area contributed by atoms with Gasteiger partial charge in [-0.1, -0.05) is 67.9 Å². The predicted molar refractivity (Wildman–Crippen MR) is 125 cm³/mol. The van der Waals surface area contributed by atoms with Crippen molar-refractivity contribution in [2.24, 2.45) is 11.8 Å². The minimum absolute atomic E-state index is 0.0152. The van der Waals surface area contributed by atoms with Crippen LogP contribution >= 0.6 is 11.6 Å². The normalized spacial score (nSPS) is 16.9. The maximum Gasteiger partial charge on any atom is 0.223 e. The fourth-order valence-corrected chi connectivity index (χ4v) is 5.81. The predicted octanol–water partition coefficient (Wildman–Crippen LogP) is 4.79. The van der Waals surface area contributed by atoms with Gasteiger partial charge < -0.3 is 5.32 Å². The van der Waals surface area contributed by atoms with Gasteiger partial charge in [0.1, 0.15) is 0 Å². The van der Waals surface area contributed by atoms with Crippen LogP contribution in [0, 0.1) is 11.8 Å². The SMILES string of the molecule is CC(C)CC(NC(=O)C1CCN(S(=O)(=O)Cc2cccc(Cl)c2)CC1)c1ccccc1. The van der Waals surface area contributed by atoms with E-state index in [1.165, 1.54) is 4.31 Å². The highest BCUT2D eigenvalue weighted by atomic mass is 35.5. The van der Waals surface area contributed by atoms with E-state index in [0.29, 0.717) is 42.4 Å². The monoisotopic (exact) mass is 462 g/mol. The largest absolute Gasteiger partial charge is 0.349 e. The summed E-state index contributed by atoms with van der Waals surface area (Å²) in [6.07, 6.45) is 1.93. The molecule has 3 rings (SSSR count). The second-order valence-electron chi connectivity index (χ2n) is 8.66. The molecule has 1 aliphatic rings. The molecule has 1 heterocycles. The minimum atomic E-state index is -3.44. The zero-order valence-corrected chi connectivity index (χ0v) is 19.7. The van der Waals surface area contributed by atoms with Crippen molar-refractivity contribution in [1.82, 2.24) is 9.62 Å². The van der Waals surface area contributed by atoms with E-state index in [-0.39, 0.29) is 23.6 Å². The summed E-state index contributed by atoms with van der Waals surface area (Å²) >= 11 is 5.98. The minimum Gasteiger partial charge on any atom is -0.349 e. The molecule has 0 aliphatic carbocycles. The third-order valence-electron chi connectivity index (χ3n) is 5.68. The smallest absolute Gasteiger partial charge is 0.223 e. The van der Waals surface area contributed by atoms with Crippen LogP contribution in [0.5, 0.6) is 0 Å². The molecule has 2 aromatic carbocycles. The summed E-state index contributed by atoms with van der Waals surface area (Å²) < 4.78 is 27.1. The van der Waals surface area contributed by atoms with Crippen molar-refractivity contribution < 1.29 is 13.2 Å². The van der Waals surface area contributed by atoms with E-state index in [1.54, 1.807) is 24.3 Å². The van der Waals surface area contributed by atoms with Gasteiger partial charge in [0.05, 0.1) is 11.8 Å². The second kappa shape index (κ2) is 10.6. The van der Waals surface area contributed by atoms with Crippen LogP contribution in [-0.4, -0.2) is 31.7 Å². The zero-order valence-electron chi connectivity index (χ0n) is 18.1. The highest BCUT2D eigenvalue weighted by Crippen LogP contribution is 2.26. The molecule has 31 heavy (non-hydrogen) atoms. The summed E-state index contributed by atoms with van der Waals surface area (Å²) in [7, 11) is -3.44. The molecule has 5 nitrogen and oxygen atoms in total. The molecule has 7 heteroatoms. The van der Waals surface area contributed by atoms with Crippen LogP contribution in [0.4, 0.5) is 0 Å². The molecule has 1 unspecified atom stereocenters. The summed E-state index contributed by atoms with van der Waals surface area (Å²) in [4.78, 5) is 13.0. The number of carbonyl (C=O) groups excluding carboxylic acids is 1. The molecule has 0 bridgehead atoms. The molecule has 1 atom stereocenters. The first-order valence-electron chi connectivity index (χ1n) is 10.8. The fraction of sp³-hybridized carbons (Fsp3) is 0.458. The van der Waals surface area contributed by atoms with E-state index in [2.05, 4.69) is 19.2 Å². The van der Waals surface area contributed by atoms with E-state index >= 15 is 0 Å². The second-order valence-corrected chi connectivity index (χ2v) is 11.1. The zero-order chi connectivity index (χ0) is 22.4. The van der Waals surface area contributed by atoms with Gasteiger partial charge in [-0.3, -0.25) is 4.79 Å². The number of nitrogens with one attached hydrogen (secondary N) is 1. The van der Waals surface area contributed by atoms with E-state index in [4.69, 9.17) is 11.6 Å². The Balaban J connectivity index is 1.58. The topological polar surface area (TPSA) is 66.5 Å². The Morgan fingerprint density at radius 3 is 2.39 bits per heavy atom. The number of nitrogens with zero attached hydrogens (tertiary/aromatic N) is 1. The maximum absolute atomic E-state index is 13.0. The molecule has 0 aromatic heterocycles. The van der Waals surface area contributed by atoms with Crippen LogP contribution < -0.4 is 5.32 Å². The van der Waals surface area contributed by atoms with Gasteiger partial charge >= 0.3 is 0 Å². The van der Waals surface area contributed by atoms with E-state index in [1.807, 2.05) is 30.3 Å². The summed E-state index contributed by atoms with van der Waals surface area (Å²) in [5.74, 6) is 0.218. The molecule has 1 saturated heterocycles. The van der Waals surface area contributed by atoms with Crippen LogP contribution in [0.3, 0.4) is 0 Å². The van der Waals surface area contributed by atoms with Crippen LogP contribution in [-0.2, 0) is 20.6 Å². The molecular formula is C24H31ClN2O3S. The van der Waals surface area contributed by atoms with Gasteiger partial charge in [-0.2, -0.15) is 0 Å². The number of amides is 1. The first-order chi connectivity index (χ1) is 14.7. The van der Waals surface area contributed by atoms with Gasteiger partial charge in [-0.15, -0.1) is 0 Å². The first kappa shape index (κ1) is 23.8. The third kappa shape index (κ3) is 6.79. The van der Waals surface area contributed by atoms with Crippen molar-refractivity contribution in [2.45, 2.75) is 44.9 Å². The average molecular weight is 463 g/mol. The Morgan fingerprint density at radius 2 is 1.77 bits per heavy atom. The molecule has 0 radical (unpaired) electrons. The molecule has 0 saturated carbocycles. The van der Waals surface area contributed by atoms with Gasteiger partial charge in [0, 0.05) is 24.0 Å². The lowest BCUT2D eigenvalue weighted by Gasteiger charge is -2.32. The highest BCUT2D eigenvalue weighted by molar-refractivity contribution is 7.88. The Bertz CT molecular complexity index is 971. The molecule has 1 N–H and O–H groups in total. The molecule has 2 aromatic rings. The number of piperidine rings is 1. The Kier molecular flexibility index (Phi) is 8.14. The van der Waals surface area contributed by atoms with Crippen LogP contribution in [0.25, 0.3) is 0 Å². The first-order valence-corrected chi connectivity index (χ1v) is 12.8. The third-order valence-corrected chi connectivity index (χ3v) is 7.77. The number of halogens is 1. The van der Waals surface area contributed by atoms with Crippen molar-refractivity contribution >= 4 is 27.5 Å². The summed E-state index contributed by atoms with van der Waals surface area (Å²) in [5, 5.41) is 3.74. The molecular weight excluding hydrogens is 432 g/mol. The van der Waals surface area contributed by atoms with E-state index in [0.717, 1.165) is 12.0 Å². The lowest BCUT2D eigenvalue weighted by molar-refractivity contribution is -0.127. The van der Waals surface area contributed by atoms with Crippen molar-refractivity contribution in [1.29, 1.82) is 0 Å². The Morgan fingerprint density at radius 1 is 1.10 bits per heavy atom. The molecule has 1 amide bonds. The van der Waals surface area contributed by atoms with Crippen molar-refractivity contribution in [2.75, 3.05) is 13.1 Å². The lowest BCUT2D eigenvalue weighted by Crippen LogP contribution is -2.44. The van der Waals surface area contributed by atoms with Gasteiger partial charge in [-0.05, 0) is 48.4 Å². The number of hydrogen-bond acceptors (Lipinski definition) is 3. The average Bonchev–Trinajstić information content (AvgIpc) is 2.73. The van der Waals surface area contributed by atoms with Crippen LogP contribution in [0.15, 0.2) is 54.6 Å². The lowest BCUT2D eigenvalue weighted by atomic mass is 9.93. The standard InChI is InChI=1S/C24H31ClN2O3S/c1-18(2)15-23(20-8-4-3-5-9-20)26-24(28)21-11-13-27(14-12-21)31(29,30)17-19-7-6-10-22(25)16-19/h3-10,16,18,21,23H,11-15,17H2,1-2H3,(H,26,28). The maximum atomic E-state index is 13.0. The molecule has 1 fully saturated rings. The number of hydrogen-bond donors (Lipinski definition) is 1. The Hall–Kier alpha value is -1.89. The summed E-state index contributed by atoms with van der Waals surface area (Å²) in [6, 6.07) is 16.9. The Labute approximate surface area is 190 Å². The van der Waals surface area contributed by atoms with Crippen LogP contribution in [0.1, 0.15) is 50.3 Å². The summed E-state index contributed by atoms with van der Waals surface area (Å²) in [5.41, 5.74) is 1.78. The molecule has 168 valence electrons.